The van der Waals surface area contributed by atoms with Gasteiger partial charge in [0.1, 0.15) is 11.4 Å². The lowest BCUT2D eigenvalue weighted by Crippen LogP contribution is -2.41. The van der Waals surface area contributed by atoms with E-state index >= 15 is 0 Å². The zero-order valence-corrected chi connectivity index (χ0v) is 13.5. The summed E-state index contributed by atoms with van der Waals surface area (Å²) in [5.41, 5.74) is 0.446. The number of aliphatic imine (C=N–C) groups is 1. The molecular weight excluding hydrogens is 294 g/mol. The van der Waals surface area contributed by atoms with Crippen molar-refractivity contribution >= 4 is 28.6 Å². The van der Waals surface area contributed by atoms with Gasteiger partial charge in [-0.2, -0.15) is 0 Å². The Bertz CT molecular complexity index is 863. The predicted octanol–water partition coefficient (Wildman–Crippen LogP) is 2.17. The van der Waals surface area contributed by atoms with E-state index in [1.54, 1.807) is 19.1 Å². The van der Waals surface area contributed by atoms with E-state index in [1.165, 1.54) is 0 Å². The molecule has 1 amide bonds. The molecule has 3 rings (SSSR count). The average Bonchev–Trinajstić information content (AvgIpc) is 3.00. The Labute approximate surface area is 133 Å². The molecule has 2 heterocycles. The highest BCUT2D eigenvalue weighted by atomic mass is 16.4. The van der Waals surface area contributed by atoms with E-state index in [4.69, 9.17) is 0 Å². The van der Waals surface area contributed by atoms with E-state index in [0.29, 0.717) is 11.4 Å². The molecule has 0 saturated carbocycles. The smallest absolute Gasteiger partial charge is 0.336 e. The fraction of sp³-hybridized carbons (Fsp3) is 0.353. The Morgan fingerprint density at radius 2 is 2.04 bits per heavy atom. The van der Waals surface area contributed by atoms with Gasteiger partial charge in [0, 0.05) is 18.6 Å². The number of carbonyl (C=O) groups excluding carboxylic acids is 1. The van der Waals surface area contributed by atoms with E-state index in [9.17, 15) is 14.7 Å². The summed E-state index contributed by atoms with van der Waals surface area (Å²) in [6, 6.07) is 5.23. The van der Waals surface area contributed by atoms with Gasteiger partial charge in [0.15, 0.2) is 0 Å². The molecule has 0 fully saturated rings. The SMILES string of the molecule is CC(C)C1(C)N=C(c2c(C(=O)O)ccc3ccn(C)c23)NC1=O. The number of aromatic nitrogens is 1. The van der Waals surface area contributed by atoms with Crippen molar-refractivity contribution in [3.63, 3.8) is 0 Å². The molecule has 0 aliphatic carbocycles. The van der Waals surface area contributed by atoms with Crippen molar-refractivity contribution in [2.75, 3.05) is 0 Å². The Hall–Kier alpha value is -2.63. The summed E-state index contributed by atoms with van der Waals surface area (Å²) in [5.74, 6) is -0.917. The maximum Gasteiger partial charge on any atom is 0.336 e. The van der Waals surface area contributed by atoms with Crippen LogP contribution in [0.15, 0.2) is 29.4 Å². The number of amides is 1. The van der Waals surface area contributed by atoms with Crippen LogP contribution >= 0.6 is 0 Å². The number of aromatic carboxylic acids is 1. The number of carbonyl (C=O) groups is 2. The average molecular weight is 313 g/mol. The third-order valence-electron chi connectivity index (χ3n) is 4.67. The molecule has 2 N–H and O–H groups in total. The number of carboxylic acid groups (broad SMARTS) is 1. The molecule has 120 valence electrons. The molecule has 1 aliphatic rings. The van der Waals surface area contributed by atoms with Gasteiger partial charge in [0.25, 0.3) is 5.91 Å². The molecule has 23 heavy (non-hydrogen) atoms. The minimum absolute atomic E-state index is 0.000827. The van der Waals surface area contributed by atoms with Gasteiger partial charge in [-0.05, 0) is 25.0 Å². The molecule has 2 aromatic rings. The molecule has 6 nitrogen and oxygen atoms in total. The maximum absolute atomic E-state index is 12.4. The fourth-order valence-electron chi connectivity index (χ4n) is 2.86. The minimum Gasteiger partial charge on any atom is -0.478 e. The first-order valence-corrected chi connectivity index (χ1v) is 7.48. The molecular formula is C17H19N3O3. The predicted molar refractivity (Wildman–Crippen MR) is 87.8 cm³/mol. The zero-order chi connectivity index (χ0) is 16.9. The molecule has 1 unspecified atom stereocenters. The molecule has 1 aromatic carbocycles. The van der Waals surface area contributed by atoms with Crippen molar-refractivity contribution < 1.29 is 14.7 Å². The van der Waals surface area contributed by atoms with Crippen LogP contribution in [0.5, 0.6) is 0 Å². The van der Waals surface area contributed by atoms with Gasteiger partial charge >= 0.3 is 5.97 Å². The second-order valence-corrected chi connectivity index (χ2v) is 6.37. The molecule has 1 aromatic heterocycles. The summed E-state index contributed by atoms with van der Waals surface area (Å²) in [6.45, 7) is 5.62. The number of amidine groups is 1. The number of fused-ring (bicyclic) bond motifs is 1. The van der Waals surface area contributed by atoms with Crippen molar-refractivity contribution in [2.24, 2.45) is 18.0 Å². The van der Waals surface area contributed by atoms with Crippen molar-refractivity contribution in [1.82, 2.24) is 9.88 Å². The summed E-state index contributed by atoms with van der Waals surface area (Å²) in [4.78, 5) is 28.6. The lowest BCUT2D eigenvalue weighted by Gasteiger charge is -2.21. The number of carboxylic acids is 1. The first-order chi connectivity index (χ1) is 10.8. The summed E-state index contributed by atoms with van der Waals surface area (Å²) >= 11 is 0. The number of rotatable bonds is 3. The molecule has 0 radical (unpaired) electrons. The van der Waals surface area contributed by atoms with Crippen molar-refractivity contribution in [2.45, 2.75) is 26.3 Å². The van der Waals surface area contributed by atoms with Crippen LogP contribution in [-0.4, -0.2) is 32.9 Å². The topological polar surface area (TPSA) is 83.7 Å². The molecule has 1 atom stereocenters. The molecule has 0 saturated heterocycles. The Balaban J connectivity index is 2.32. The fourth-order valence-corrected chi connectivity index (χ4v) is 2.86. The van der Waals surface area contributed by atoms with Crippen LogP contribution < -0.4 is 5.32 Å². The highest BCUT2D eigenvalue weighted by Crippen LogP contribution is 2.30. The monoisotopic (exact) mass is 313 g/mol. The number of aryl methyl sites for hydroxylation is 1. The van der Waals surface area contributed by atoms with Crippen LogP contribution in [0.1, 0.15) is 36.7 Å². The van der Waals surface area contributed by atoms with Gasteiger partial charge in [-0.1, -0.05) is 19.9 Å². The first-order valence-electron chi connectivity index (χ1n) is 7.48. The quantitative estimate of drug-likeness (QED) is 0.911. The zero-order valence-electron chi connectivity index (χ0n) is 13.5. The van der Waals surface area contributed by atoms with Crippen molar-refractivity contribution in [3.05, 3.63) is 35.5 Å². The number of nitrogens with one attached hydrogen (secondary N) is 1. The van der Waals surface area contributed by atoms with Gasteiger partial charge in [-0.3, -0.25) is 9.79 Å². The lowest BCUT2D eigenvalue weighted by atomic mass is 9.89. The Kier molecular flexibility index (Phi) is 3.28. The standard InChI is InChI=1S/C17H19N3O3/c1-9(2)17(3)16(23)18-14(19-17)12-11(15(21)22)6-5-10-7-8-20(4)13(10)12/h5-9H,1-4H3,(H,21,22)(H,18,19,23). The molecule has 1 aliphatic heterocycles. The first kappa shape index (κ1) is 15.3. The number of hydrogen-bond donors (Lipinski definition) is 2. The van der Waals surface area contributed by atoms with Crippen LogP contribution in [-0.2, 0) is 11.8 Å². The Morgan fingerprint density at radius 3 is 2.61 bits per heavy atom. The van der Waals surface area contributed by atoms with Gasteiger partial charge in [-0.25, -0.2) is 4.79 Å². The maximum atomic E-state index is 12.4. The van der Waals surface area contributed by atoms with Crippen molar-refractivity contribution in [3.8, 4) is 0 Å². The summed E-state index contributed by atoms with van der Waals surface area (Å²) < 4.78 is 1.84. The minimum atomic E-state index is -1.04. The van der Waals surface area contributed by atoms with Crippen molar-refractivity contribution in [1.29, 1.82) is 0 Å². The molecule has 0 bridgehead atoms. The van der Waals surface area contributed by atoms with Crippen LogP contribution in [0.25, 0.3) is 10.9 Å². The molecule has 0 spiro atoms. The van der Waals surface area contributed by atoms with Gasteiger partial charge < -0.3 is 15.0 Å². The summed E-state index contributed by atoms with van der Waals surface area (Å²) in [6.07, 6.45) is 1.86. The summed E-state index contributed by atoms with van der Waals surface area (Å²) in [5, 5.41) is 13.2. The number of nitrogens with zero attached hydrogens (tertiary/aromatic N) is 2. The van der Waals surface area contributed by atoms with Gasteiger partial charge in [0.2, 0.25) is 0 Å². The van der Waals surface area contributed by atoms with E-state index in [0.717, 1.165) is 10.9 Å². The van der Waals surface area contributed by atoms with E-state index in [2.05, 4.69) is 10.3 Å². The van der Waals surface area contributed by atoms with Crippen LogP contribution in [0.3, 0.4) is 0 Å². The van der Waals surface area contributed by atoms with Gasteiger partial charge in [-0.15, -0.1) is 0 Å². The van der Waals surface area contributed by atoms with E-state index in [1.807, 2.05) is 37.7 Å². The van der Waals surface area contributed by atoms with Crippen LogP contribution in [0.2, 0.25) is 0 Å². The summed E-state index contributed by atoms with van der Waals surface area (Å²) in [7, 11) is 1.84. The number of benzene rings is 1. The highest BCUT2D eigenvalue weighted by Gasteiger charge is 2.43. The molecule has 6 heteroatoms. The third-order valence-corrected chi connectivity index (χ3v) is 4.67. The second-order valence-electron chi connectivity index (χ2n) is 6.37. The van der Waals surface area contributed by atoms with Crippen LogP contribution in [0.4, 0.5) is 0 Å². The number of hydrogen-bond acceptors (Lipinski definition) is 3. The van der Waals surface area contributed by atoms with E-state index in [-0.39, 0.29) is 17.4 Å². The second kappa shape index (κ2) is 4.94. The highest BCUT2D eigenvalue weighted by molar-refractivity contribution is 6.23. The third kappa shape index (κ3) is 2.13. The lowest BCUT2D eigenvalue weighted by molar-refractivity contribution is -0.124. The van der Waals surface area contributed by atoms with Gasteiger partial charge in [0.05, 0.1) is 16.6 Å². The largest absolute Gasteiger partial charge is 0.478 e. The van der Waals surface area contributed by atoms with E-state index < -0.39 is 11.5 Å². The van der Waals surface area contributed by atoms with Crippen LogP contribution in [0, 0.1) is 5.92 Å². The Morgan fingerprint density at radius 1 is 1.35 bits per heavy atom. The normalized spacial score (nSPS) is 20.9.